The number of nitrogens with two attached hydrogens (primary N) is 1. The molecule has 1 atom stereocenters. The quantitative estimate of drug-likeness (QED) is 0.846. The summed E-state index contributed by atoms with van der Waals surface area (Å²) >= 11 is 0. The van der Waals surface area contributed by atoms with Gasteiger partial charge in [-0.05, 0) is 25.0 Å². The molecule has 1 amide bonds. The first-order valence-electron chi connectivity index (χ1n) is 5.42. The fourth-order valence-electron chi connectivity index (χ4n) is 1.42. The Labute approximate surface area is 96.5 Å². The van der Waals surface area contributed by atoms with Gasteiger partial charge in [-0.1, -0.05) is 13.8 Å². The molecule has 88 valence electrons. The summed E-state index contributed by atoms with van der Waals surface area (Å²) in [5.41, 5.74) is 6.14. The molecule has 0 aliphatic heterocycles. The Kier molecular flexibility index (Phi) is 3.88. The third-order valence-corrected chi connectivity index (χ3v) is 2.92. The van der Waals surface area contributed by atoms with E-state index in [1.54, 1.807) is 23.2 Å². The number of hydrogen-bond donors (Lipinski definition) is 1. The van der Waals surface area contributed by atoms with Gasteiger partial charge in [0.05, 0.1) is 0 Å². The smallest absolute Gasteiger partial charge is 0.254 e. The van der Waals surface area contributed by atoms with Crippen molar-refractivity contribution < 1.29 is 4.79 Å². The van der Waals surface area contributed by atoms with Gasteiger partial charge >= 0.3 is 0 Å². The zero-order valence-electron chi connectivity index (χ0n) is 10.3. The standard InChI is InChI=1S/C12H19N3O/c1-8(2)9(3)15(4)12(16)10-5-6-14-11(13)7-10/h5-9H,1-4H3,(H2,13,14). The highest BCUT2D eigenvalue weighted by Crippen LogP contribution is 2.13. The third-order valence-electron chi connectivity index (χ3n) is 2.92. The maximum absolute atomic E-state index is 12.1. The summed E-state index contributed by atoms with van der Waals surface area (Å²) in [5.74, 6) is 0.778. The Morgan fingerprint density at radius 3 is 2.56 bits per heavy atom. The van der Waals surface area contributed by atoms with Gasteiger partial charge in [0, 0.05) is 24.8 Å². The van der Waals surface area contributed by atoms with Crippen molar-refractivity contribution in [3.63, 3.8) is 0 Å². The van der Waals surface area contributed by atoms with Crippen LogP contribution < -0.4 is 5.73 Å². The topological polar surface area (TPSA) is 59.2 Å². The van der Waals surface area contributed by atoms with Gasteiger partial charge in [-0.15, -0.1) is 0 Å². The van der Waals surface area contributed by atoms with E-state index in [1.807, 2.05) is 14.0 Å². The van der Waals surface area contributed by atoms with Crippen LogP contribution in [0.1, 0.15) is 31.1 Å². The molecule has 4 nitrogen and oxygen atoms in total. The summed E-state index contributed by atoms with van der Waals surface area (Å²) in [6, 6.07) is 3.48. The van der Waals surface area contributed by atoms with Crippen LogP contribution in [-0.4, -0.2) is 28.9 Å². The molecule has 0 aliphatic carbocycles. The average molecular weight is 221 g/mol. The summed E-state index contributed by atoms with van der Waals surface area (Å²) in [6.07, 6.45) is 1.55. The van der Waals surface area contributed by atoms with Crippen LogP contribution in [-0.2, 0) is 0 Å². The van der Waals surface area contributed by atoms with Crippen molar-refractivity contribution in [3.05, 3.63) is 23.9 Å². The number of anilines is 1. The number of pyridine rings is 1. The van der Waals surface area contributed by atoms with E-state index in [-0.39, 0.29) is 11.9 Å². The van der Waals surface area contributed by atoms with Crippen LogP contribution in [0.4, 0.5) is 5.82 Å². The van der Waals surface area contributed by atoms with Gasteiger partial charge in [-0.3, -0.25) is 4.79 Å². The van der Waals surface area contributed by atoms with Crippen molar-refractivity contribution in [2.75, 3.05) is 12.8 Å². The lowest BCUT2D eigenvalue weighted by atomic mass is 10.0. The Balaban J connectivity index is 2.86. The molecule has 0 radical (unpaired) electrons. The number of nitrogens with zero attached hydrogens (tertiary/aromatic N) is 2. The predicted molar refractivity (Wildman–Crippen MR) is 65.0 cm³/mol. The molecular formula is C12H19N3O. The number of rotatable bonds is 3. The van der Waals surface area contributed by atoms with Crippen LogP contribution in [0.15, 0.2) is 18.3 Å². The number of nitrogen functional groups attached to an aromatic ring is 1. The molecule has 1 unspecified atom stereocenters. The number of carbonyl (C=O) groups is 1. The highest BCUT2D eigenvalue weighted by Gasteiger charge is 2.19. The molecule has 0 aromatic carbocycles. The van der Waals surface area contributed by atoms with Crippen molar-refractivity contribution in [1.82, 2.24) is 9.88 Å². The number of amides is 1. The second-order valence-electron chi connectivity index (χ2n) is 4.37. The minimum Gasteiger partial charge on any atom is -0.384 e. The van der Waals surface area contributed by atoms with Crippen molar-refractivity contribution in [1.29, 1.82) is 0 Å². The molecule has 0 bridgehead atoms. The molecule has 1 heterocycles. The van der Waals surface area contributed by atoms with Gasteiger partial charge in [-0.25, -0.2) is 4.98 Å². The largest absolute Gasteiger partial charge is 0.384 e. The van der Waals surface area contributed by atoms with Gasteiger partial charge in [0.15, 0.2) is 0 Å². The normalized spacial score (nSPS) is 12.6. The Hall–Kier alpha value is -1.58. The highest BCUT2D eigenvalue weighted by atomic mass is 16.2. The maximum Gasteiger partial charge on any atom is 0.254 e. The summed E-state index contributed by atoms with van der Waals surface area (Å²) in [7, 11) is 1.81. The molecule has 1 aromatic heterocycles. The lowest BCUT2D eigenvalue weighted by Gasteiger charge is -2.28. The van der Waals surface area contributed by atoms with Gasteiger partial charge in [0.2, 0.25) is 0 Å². The van der Waals surface area contributed by atoms with Crippen LogP contribution in [0.3, 0.4) is 0 Å². The Morgan fingerprint density at radius 1 is 1.44 bits per heavy atom. The van der Waals surface area contributed by atoms with Crippen LogP contribution in [0, 0.1) is 5.92 Å². The first kappa shape index (κ1) is 12.5. The van der Waals surface area contributed by atoms with E-state index in [4.69, 9.17) is 5.73 Å². The first-order valence-corrected chi connectivity index (χ1v) is 5.42. The lowest BCUT2D eigenvalue weighted by Crippen LogP contribution is -2.38. The van der Waals surface area contributed by atoms with Crippen molar-refractivity contribution in [3.8, 4) is 0 Å². The number of aromatic nitrogens is 1. The van der Waals surface area contributed by atoms with E-state index in [0.29, 0.717) is 17.3 Å². The van der Waals surface area contributed by atoms with E-state index >= 15 is 0 Å². The average Bonchev–Trinajstić information content (AvgIpc) is 2.26. The molecule has 2 N–H and O–H groups in total. The lowest BCUT2D eigenvalue weighted by molar-refractivity contribution is 0.0707. The van der Waals surface area contributed by atoms with E-state index in [9.17, 15) is 4.79 Å². The summed E-state index contributed by atoms with van der Waals surface area (Å²) < 4.78 is 0. The van der Waals surface area contributed by atoms with Gasteiger partial charge in [0.25, 0.3) is 5.91 Å². The Bertz CT molecular complexity index is 376. The van der Waals surface area contributed by atoms with Gasteiger partial charge < -0.3 is 10.6 Å². The fourth-order valence-corrected chi connectivity index (χ4v) is 1.42. The number of hydrogen-bond acceptors (Lipinski definition) is 3. The maximum atomic E-state index is 12.1. The van der Waals surface area contributed by atoms with Crippen molar-refractivity contribution >= 4 is 11.7 Å². The zero-order chi connectivity index (χ0) is 12.3. The molecule has 4 heteroatoms. The molecule has 0 saturated heterocycles. The molecule has 0 saturated carbocycles. The van der Waals surface area contributed by atoms with Crippen molar-refractivity contribution in [2.45, 2.75) is 26.8 Å². The SMILES string of the molecule is CC(C)C(C)N(C)C(=O)c1ccnc(N)c1. The van der Waals surface area contributed by atoms with Crippen LogP contribution in [0.2, 0.25) is 0 Å². The van der Waals surface area contributed by atoms with Gasteiger partial charge in [-0.2, -0.15) is 0 Å². The molecule has 0 aliphatic rings. The van der Waals surface area contributed by atoms with Crippen molar-refractivity contribution in [2.24, 2.45) is 5.92 Å². The first-order chi connectivity index (χ1) is 7.43. The fraction of sp³-hybridized carbons (Fsp3) is 0.500. The molecule has 0 fully saturated rings. The zero-order valence-corrected chi connectivity index (χ0v) is 10.3. The summed E-state index contributed by atoms with van der Waals surface area (Å²) in [4.78, 5) is 17.7. The second kappa shape index (κ2) is 4.96. The summed E-state index contributed by atoms with van der Waals surface area (Å²) in [5, 5.41) is 0. The molecule has 1 rings (SSSR count). The third kappa shape index (κ3) is 2.72. The van der Waals surface area contributed by atoms with E-state index in [0.717, 1.165) is 0 Å². The molecular weight excluding hydrogens is 202 g/mol. The Morgan fingerprint density at radius 2 is 2.06 bits per heavy atom. The van der Waals surface area contributed by atoms with Gasteiger partial charge in [0.1, 0.15) is 5.82 Å². The van der Waals surface area contributed by atoms with Crippen LogP contribution in [0.25, 0.3) is 0 Å². The highest BCUT2D eigenvalue weighted by molar-refractivity contribution is 5.94. The number of carbonyl (C=O) groups excluding carboxylic acids is 1. The minimum absolute atomic E-state index is 0.0182. The van der Waals surface area contributed by atoms with E-state index in [2.05, 4.69) is 18.8 Å². The molecule has 1 aromatic rings. The van der Waals surface area contributed by atoms with Crippen LogP contribution >= 0.6 is 0 Å². The van der Waals surface area contributed by atoms with Crippen LogP contribution in [0.5, 0.6) is 0 Å². The second-order valence-corrected chi connectivity index (χ2v) is 4.37. The molecule has 0 spiro atoms. The predicted octanol–water partition coefficient (Wildman–Crippen LogP) is 1.78. The summed E-state index contributed by atoms with van der Waals surface area (Å²) in [6.45, 7) is 6.22. The molecule has 16 heavy (non-hydrogen) atoms. The van der Waals surface area contributed by atoms with E-state index < -0.39 is 0 Å². The van der Waals surface area contributed by atoms with E-state index in [1.165, 1.54) is 0 Å². The minimum atomic E-state index is -0.0182. The monoisotopic (exact) mass is 221 g/mol.